The summed E-state index contributed by atoms with van der Waals surface area (Å²) in [6.07, 6.45) is 0. The predicted octanol–water partition coefficient (Wildman–Crippen LogP) is 1.91. The van der Waals surface area contributed by atoms with Crippen LogP contribution in [-0.2, 0) is 10.0 Å². The summed E-state index contributed by atoms with van der Waals surface area (Å²) < 4.78 is 30.6. The van der Waals surface area contributed by atoms with E-state index in [2.05, 4.69) is 15.9 Å². The Morgan fingerprint density at radius 2 is 2.25 bits per heavy atom. The Balaban J connectivity index is 3.21. The summed E-state index contributed by atoms with van der Waals surface area (Å²) in [5, 5.41) is 17.6. The molecular formula is C11H13BrN2O5S. The van der Waals surface area contributed by atoms with Crippen molar-refractivity contribution in [2.24, 2.45) is 5.92 Å². The summed E-state index contributed by atoms with van der Waals surface area (Å²) in [6, 6.07) is 2.90. The van der Waals surface area contributed by atoms with Gasteiger partial charge in [0.1, 0.15) is 4.90 Å². The van der Waals surface area contributed by atoms with Gasteiger partial charge in [0.2, 0.25) is 15.8 Å². The molecule has 0 saturated heterocycles. The molecule has 0 amide bonds. The molecule has 0 saturated carbocycles. The van der Waals surface area contributed by atoms with Crippen molar-refractivity contribution in [3.8, 4) is 6.07 Å². The fourth-order valence-electron chi connectivity index (χ4n) is 1.52. The van der Waals surface area contributed by atoms with E-state index in [9.17, 15) is 13.2 Å². The summed E-state index contributed by atoms with van der Waals surface area (Å²) in [5.41, 5.74) is 0. The molecule has 0 aromatic carbocycles. The second-order valence-corrected chi connectivity index (χ2v) is 6.67. The van der Waals surface area contributed by atoms with Crippen molar-refractivity contribution >= 4 is 31.9 Å². The third kappa shape index (κ3) is 3.39. The molecular weight excluding hydrogens is 352 g/mol. The van der Waals surface area contributed by atoms with Crippen molar-refractivity contribution in [3.63, 3.8) is 0 Å². The first-order chi connectivity index (χ1) is 9.23. The zero-order valence-electron chi connectivity index (χ0n) is 10.8. The Kier molecular flexibility index (Phi) is 5.33. The molecule has 1 aromatic heterocycles. The number of carboxylic acid groups (broad SMARTS) is 1. The topological polar surface area (TPSA) is 112 Å². The lowest BCUT2D eigenvalue weighted by Gasteiger charge is -2.20. The smallest absolute Gasteiger partial charge is 0.371 e. The highest BCUT2D eigenvalue weighted by atomic mass is 79.9. The van der Waals surface area contributed by atoms with Gasteiger partial charge in [-0.05, 0) is 22.9 Å². The first-order valence-corrected chi connectivity index (χ1v) is 7.89. The number of hydrogen-bond acceptors (Lipinski definition) is 5. The molecule has 1 heterocycles. The molecule has 110 valence electrons. The van der Waals surface area contributed by atoms with Gasteiger partial charge in [0.05, 0.1) is 12.0 Å². The molecule has 0 aliphatic rings. The zero-order chi connectivity index (χ0) is 15.5. The summed E-state index contributed by atoms with van der Waals surface area (Å²) in [7, 11) is -3.92. The molecule has 20 heavy (non-hydrogen) atoms. The van der Waals surface area contributed by atoms with Crippen molar-refractivity contribution < 1.29 is 22.7 Å². The Bertz CT molecular complexity index is 646. The molecule has 1 rings (SSSR count). The minimum absolute atomic E-state index is 0.0232. The highest BCUT2D eigenvalue weighted by molar-refractivity contribution is 9.10. The Hall–Kier alpha value is -1.37. The van der Waals surface area contributed by atoms with Crippen LogP contribution in [0.2, 0.25) is 0 Å². The fraction of sp³-hybridized carbons (Fsp3) is 0.455. The summed E-state index contributed by atoms with van der Waals surface area (Å²) in [4.78, 5) is 10.5. The van der Waals surface area contributed by atoms with E-state index in [0.717, 1.165) is 10.4 Å². The van der Waals surface area contributed by atoms with Gasteiger partial charge in [-0.15, -0.1) is 0 Å². The van der Waals surface area contributed by atoms with Crippen LogP contribution in [0.15, 0.2) is 20.0 Å². The van der Waals surface area contributed by atoms with Crippen LogP contribution in [0.4, 0.5) is 0 Å². The molecule has 7 nitrogen and oxygen atoms in total. The molecule has 0 fully saturated rings. The minimum Gasteiger partial charge on any atom is -0.475 e. The average molecular weight is 365 g/mol. The van der Waals surface area contributed by atoms with Crippen LogP contribution in [0, 0.1) is 17.2 Å². The lowest BCUT2D eigenvalue weighted by molar-refractivity contribution is 0.0661. The Morgan fingerprint density at radius 1 is 1.65 bits per heavy atom. The van der Waals surface area contributed by atoms with Crippen LogP contribution in [0.3, 0.4) is 0 Å². The van der Waals surface area contributed by atoms with Gasteiger partial charge in [-0.3, -0.25) is 0 Å². The molecule has 9 heteroatoms. The first kappa shape index (κ1) is 16.7. The van der Waals surface area contributed by atoms with Gasteiger partial charge in [-0.25, -0.2) is 13.2 Å². The van der Waals surface area contributed by atoms with E-state index in [-0.39, 0.29) is 22.7 Å². The molecule has 1 atom stereocenters. The van der Waals surface area contributed by atoms with Crippen molar-refractivity contribution in [3.05, 3.63) is 16.5 Å². The van der Waals surface area contributed by atoms with Crippen LogP contribution in [0.1, 0.15) is 24.4 Å². The quantitative estimate of drug-likeness (QED) is 0.824. The number of sulfonamides is 1. The van der Waals surface area contributed by atoms with Crippen LogP contribution in [0.5, 0.6) is 0 Å². The molecule has 1 unspecified atom stereocenters. The van der Waals surface area contributed by atoms with Crippen molar-refractivity contribution in [1.29, 1.82) is 5.26 Å². The van der Waals surface area contributed by atoms with Gasteiger partial charge in [0, 0.05) is 19.2 Å². The lowest BCUT2D eigenvalue weighted by Crippen LogP contribution is -2.34. The Labute approximate surface area is 125 Å². The molecule has 0 spiro atoms. The largest absolute Gasteiger partial charge is 0.475 e. The molecule has 1 N–H and O–H groups in total. The Morgan fingerprint density at radius 3 is 2.65 bits per heavy atom. The number of nitrogens with zero attached hydrogens (tertiary/aromatic N) is 2. The first-order valence-electron chi connectivity index (χ1n) is 5.66. The van der Waals surface area contributed by atoms with Gasteiger partial charge in [0.25, 0.3) is 0 Å². The second kappa shape index (κ2) is 6.39. The number of hydrogen-bond donors (Lipinski definition) is 1. The predicted molar refractivity (Wildman–Crippen MR) is 72.6 cm³/mol. The summed E-state index contributed by atoms with van der Waals surface area (Å²) in [5.74, 6) is -2.31. The molecule has 1 aromatic rings. The zero-order valence-corrected chi connectivity index (χ0v) is 13.2. The van der Waals surface area contributed by atoms with Gasteiger partial charge < -0.3 is 9.52 Å². The maximum Gasteiger partial charge on any atom is 0.371 e. The van der Waals surface area contributed by atoms with E-state index in [1.54, 1.807) is 13.8 Å². The van der Waals surface area contributed by atoms with Crippen molar-refractivity contribution in [1.82, 2.24) is 4.31 Å². The average Bonchev–Trinajstić information content (AvgIpc) is 2.78. The maximum atomic E-state index is 12.4. The number of aromatic carboxylic acids is 1. The van der Waals surface area contributed by atoms with Gasteiger partial charge in [0.15, 0.2) is 4.67 Å². The minimum atomic E-state index is -3.92. The monoisotopic (exact) mass is 364 g/mol. The fourth-order valence-corrected chi connectivity index (χ4v) is 3.96. The number of furan rings is 1. The highest BCUT2D eigenvalue weighted by Gasteiger charge is 2.30. The summed E-state index contributed by atoms with van der Waals surface area (Å²) >= 11 is 2.90. The molecule has 0 aliphatic heterocycles. The van der Waals surface area contributed by atoms with Crippen LogP contribution in [0.25, 0.3) is 0 Å². The summed E-state index contributed by atoms with van der Waals surface area (Å²) in [6.45, 7) is 3.42. The van der Waals surface area contributed by atoms with Crippen LogP contribution >= 0.6 is 15.9 Å². The lowest BCUT2D eigenvalue weighted by atomic mass is 10.2. The highest BCUT2D eigenvalue weighted by Crippen LogP contribution is 2.29. The van der Waals surface area contributed by atoms with Gasteiger partial charge in [-0.2, -0.15) is 9.57 Å². The number of halogens is 1. The number of carbonyl (C=O) groups is 1. The molecule has 0 radical (unpaired) electrons. The maximum absolute atomic E-state index is 12.4. The van der Waals surface area contributed by atoms with E-state index in [1.165, 1.54) is 0 Å². The van der Waals surface area contributed by atoms with E-state index >= 15 is 0 Å². The van der Waals surface area contributed by atoms with E-state index < -0.39 is 27.7 Å². The standard InChI is InChI=1S/C11H13BrN2O5S/c1-3-14(6-7(2)5-13)20(17,18)9-4-8(11(15)16)19-10(9)12/h4,7H,3,6H2,1-2H3,(H,15,16). The molecule has 0 bridgehead atoms. The molecule has 0 aliphatic carbocycles. The van der Waals surface area contributed by atoms with E-state index in [0.29, 0.717) is 0 Å². The van der Waals surface area contributed by atoms with E-state index in [4.69, 9.17) is 14.8 Å². The number of nitriles is 1. The number of carboxylic acids is 1. The number of rotatable bonds is 6. The van der Waals surface area contributed by atoms with E-state index in [1.807, 2.05) is 6.07 Å². The van der Waals surface area contributed by atoms with Gasteiger partial charge >= 0.3 is 5.97 Å². The van der Waals surface area contributed by atoms with Crippen LogP contribution < -0.4 is 0 Å². The third-order valence-corrected chi connectivity index (χ3v) is 5.33. The van der Waals surface area contributed by atoms with Gasteiger partial charge in [-0.1, -0.05) is 6.92 Å². The third-order valence-electron chi connectivity index (χ3n) is 2.53. The SMILES string of the molecule is CCN(CC(C)C#N)S(=O)(=O)c1cc(C(=O)O)oc1Br. The van der Waals surface area contributed by atoms with Crippen molar-refractivity contribution in [2.75, 3.05) is 13.1 Å². The van der Waals surface area contributed by atoms with Crippen molar-refractivity contribution in [2.45, 2.75) is 18.7 Å². The normalized spacial score (nSPS) is 13.2. The second-order valence-electron chi connectivity index (χ2n) is 4.04. The van der Waals surface area contributed by atoms with Crippen LogP contribution in [-0.4, -0.2) is 36.9 Å².